The Morgan fingerprint density at radius 3 is 2.65 bits per heavy atom. The number of carbonyl (C=O) groups excluding carboxylic acids is 1. The molecule has 7 heteroatoms. The Morgan fingerprint density at radius 1 is 1.30 bits per heavy atom. The lowest BCUT2D eigenvalue weighted by molar-refractivity contribution is -0.117. The quantitative estimate of drug-likeness (QED) is 0.345. The van der Waals surface area contributed by atoms with Crippen molar-refractivity contribution in [2.75, 3.05) is 33.9 Å². The lowest BCUT2D eigenvalue weighted by atomic mass is 10.1. The molecule has 0 saturated heterocycles. The van der Waals surface area contributed by atoms with Gasteiger partial charge >= 0.3 is 0 Å². The molecule has 0 unspecified atom stereocenters. The number of aliphatic hydroxyl groups excluding tert-OH is 1. The van der Waals surface area contributed by atoms with Gasteiger partial charge in [-0.15, -0.1) is 0 Å². The van der Waals surface area contributed by atoms with E-state index in [1.807, 2.05) is 18.2 Å². The highest BCUT2D eigenvalue weighted by Gasteiger charge is 2.09. The van der Waals surface area contributed by atoms with Gasteiger partial charge in [-0.2, -0.15) is 5.26 Å². The second-order valence-electron chi connectivity index (χ2n) is 4.54. The Bertz CT molecular complexity index is 593. The summed E-state index contributed by atoms with van der Waals surface area (Å²) in [7, 11) is 3.13. The monoisotopic (exact) mass is 319 g/mol. The van der Waals surface area contributed by atoms with Crippen molar-refractivity contribution in [2.45, 2.75) is 6.42 Å². The van der Waals surface area contributed by atoms with Crippen LogP contribution in [-0.2, 0) is 11.2 Å². The fourth-order valence-electron chi connectivity index (χ4n) is 1.84. The smallest absolute Gasteiger partial charge is 0.263 e. The van der Waals surface area contributed by atoms with Gasteiger partial charge in [-0.05, 0) is 24.1 Å². The first kappa shape index (κ1) is 18.3. The summed E-state index contributed by atoms with van der Waals surface area (Å²) in [5.41, 5.74) is 0.939. The first-order valence-electron chi connectivity index (χ1n) is 7.09. The van der Waals surface area contributed by atoms with E-state index >= 15 is 0 Å². The van der Waals surface area contributed by atoms with Gasteiger partial charge in [0.1, 0.15) is 11.6 Å². The minimum absolute atomic E-state index is 0.0363. The van der Waals surface area contributed by atoms with Gasteiger partial charge < -0.3 is 25.2 Å². The number of amides is 1. The van der Waals surface area contributed by atoms with E-state index in [-0.39, 0.29) is 18.7 Å². The second kappa shape index (κ2) is 10.1. The molecule has 7 nitrogen and oxygen atoms in total. The van der Waals surface area contributed by atoms with Gasteiger partial charge in [0.05, 0.1) is 20.8 Å². The molecule has 0 aliphatic rings. The minimum atomic E-state index is -0.460. The Morgan fingerprint density at radius 2 is 2.04 bits per heavy atom. The maximum absolute atomic E-state index is 11.8. The number of nitrogens with zero attached hydrogens (tertiary/aromatic N) is 1. The molecule has 23 heavy (non-hydrogen) atoms. The number of nitriles is 1. The van der Waals surface area contributed by atoms with Crippen molar-refractivity contribution in [1.29, 1.82) is 5.26 Å². The summed E-state index contributed by atoms with van der Waals surface area (Å²) >= 11 is 0. The predicted molar refractivity (Wildman–Crippen MR) is 85.0 cm³/mol. The summed E-state index contributed by atoms with van der Waals surface area (Å²) in [6, 6.07) is 7.34. The molecule has 1 amide bonds. The van der Waals surface area contributed by atoms with Crippen molar-refractivity contribution in [3.8, 4) is 17.6 Å². The van der Waals surface area contributed by atoms with E-state index in [2.05, 4.69) is 10.6 Å². The van der Waals surface area contributed by atoms with Crippen LogP contribution < -0.4 is 20.1 Å². The van der Waals surface area contributed by atoms with Gasteiger partial charge in [-0.3, -0.25) is 4.79 Å². The standard InChI is InChI=1S/C16H21N3O4/c1-22-14-4-3-12(9-15(14)23-2)5-6-19-16(21)13(10-17)11-18-7-8-20/h3-4,9,11,18,20H,5-8H2,1-2H3,(H,19,21)/b13-11-. The number of benzene rings is 1. The van der Waals surface area contributed by atoms with Crippen molar-refractivity contribution < 1.29 is 19.4 Å². The Hall–Kier alpha value is -2.72. The number of nitrogens with one attached hydrogen (secondary N) is 2. The Labute approximate surface area is 135 Å². The van der Waals surface area contributed by atoms with Gasteiger partial charge in [-0.1, -0.05) is 6.07 Å². The van der Waals surface area contributed by atoms with Crippen LogP contribution in [0.5, 0.6) is 11.5 Å². The molecule has 0 heterocycles. The molecule has 0 saturated carbocycles. The third-order valence-electron chi connectivity index (χ3n) is 3.01. The molecule has 1 aromatic rings. The highest BCUT2D eigenvalue weighted by atomic mass is 16.5. The van der Waals surface area contributed by atoms with Crippen LogP contribution in [0.4, 0.5) is 0 Å². The fraction of sp³-hybridized carbons (Fsp3) is 0.375. The van der Waals surface area contributed by atoms with Crippen molar-refractivity contribution in [3.63, 3.8) is 0 Å². The third-order valence-corrected chi connectivity index (χ3v) is 3.01. The molecule has 0 radical (unpaired) electrons. The molecular weight excluding hydrogens is 298 g/mol. The number of hydrogen-bond acceptors (Lipinski definition) is 6. The highest BCUT2D eigenvalue weighted by Crippen LogP contribution is 2.27. The number of carbonyl (C=O) groups is 1. The number of hydrogen-bond donors (Lipinski definition) is 3. The van der Waals surface area contributed by atoms with E-state index in [1.165, 1.54) is 6.20 Å². The molecular formula is C16H21N3O4. The van der Waals surface area contributed by atoms with E-state index < -0.39 is 5.91 Å². The zero-order valence-electron chi connectivity index (χ0n) is 13.3. The highest BCUT2D eigenvalue weighted by molar-refractivity contribution is 5.97. The maximum atomic E-state index is 11.8. The molecule has 0 aliphatic carbocycles. The molecule has 1 aromatic carbocycles. The first-order chi connectivity index (χ1) is 11.2. The van der Waals surface area contributed by atoms with Crippen LogP contribution >= 0.6 is 0 Å². The molecule has 0 spiro atoms. The predicted octanol–water partition coefficient (Wildman–Crippen LogP) is 0.352. The molecule has 3 N–H and O–H groups in total. The largest absolute Gasteiger partial charge is 0.493 e. The van der Waals surface area contributed by atoms with Crippen LogP contribution in [-0.4, -0.2) is 44.9 Å². The van der Waals surface area contributed by atoms with E-state index in [1.54, 1.807) is 20.3 Å². The number of rotatable bonds is 9. The van der Waals surface area contributed by atoms with Crippen LogP contribution in [0.25, 0.3) is 0 Å². The normalized spacial score (nSPS) is 10.6. The van der Waals surface area contributed by atoms with Crippen LogP contribution in [0.1, 0.15) is 5.56 Å². The topological polar surface area (TPSA) is 104 Å². The first-order valence-corrected chi connectivity index (χ1v) is 7.09. The molecule has 0 atom stereocenters. The van der Waals surface area contributed by atoms with Crippen molar-refractivity contribution in [1.82, 2.24) is 10.6 Å². The number of ether oxygens (including phenoxy) is 2. The van der Waals surface area contributed by atoms with Crippen molar-refractivity contribution >= 4 is 5.91 Å². The summed E-state index contributed by atoms with van der Waals surface area (Å²) in [6.45, 7) is 0.591. The zero-order chi connectivity index (χ0) is 17.1. The molecule has 0 fully saturated rings. The fourth-order valence-corrected chi connectivity index (χ4v) is 1.84. The lowest BCUT2D eigenvalue weighted by Gasteiger charge is -2.10. The Kier molecular flexibility index (Phi) is 8.03. The molecule has 0 aromatic heterocycles. The van der Waals surface area contributed by atoms with E-state index in [0.717, 1.165) is 5.56 Å². The van der Waals surface area contributed by atoms with Crippen LogP contribution in [0.3, 0.4) is 0 Å². The number of methoxy groups -OCH3 is 2. The van der Waals surface area contributed by atoms with Gasteiger partial charge in [-0.25, -0.2) is 0 Å². The van der Waals surface area contributed by atoms with E-state index in [4.69, 9.17) is 19.8 Å². The third kappa shape index (κ3) is 5.88. The summed E-state index contributed by atoms with van der Waals surface area (Å²) in [5.74, 6) is 0.811. The molecule has 0 bridgehead atoms. The molecule has 1 rings (SSSR count). The van der Waals surface area contributed by atoms with Crippen LogP contribution in [0.2, 0.25) is 0 Å². The average molecular weight is 319 g/mol. The lowest BCUT2D eigenvalue weighted by Crippen LogP contribution is -2.28. The van der Waals surface area contributed by atoms with E-state index in [0.29, 0.717) is 24.5 Å². The van der Waals surface area contributed by atoms with Crippen molar-refractivity contribution in [2.24, 2.45) is 0 Å². The van der Waals surface area contributed by atoms with Gasteiger partial charge in [0, 0.05) is 19.3 Å². The summed E-state index contributed by atoms with van der Waals surface area (Å²) in [6.07, 6.45) is 1.89. The maximum Gasteiger partial charge on any atom is 0.263 e. The van der Waals surface area contributed by atoms with Gasteiger partial charge in [0.25, 0.3) is 5.91 Å². The average Bonchev–Trinajstić information content (AvgIpc) is 2.58. The van der Waals surface area contributed by atoms with Crippen LogP contribution in [0, 0.1) is 11.3 Å². The minimum Gasteiger partial charge on any atom is -0.493 e. The van der Waals surface area contributed by atoms with Gasteiger partial charge in [0.2, 0.25) is 0 Å². The second-order valence-corrected chi connectivity index (χ2v) is 4.54. The zero-order valence-corrected chi connectivity index (χ0v) is 13.3. The molecule has 0 aliphatic heterocycles. The summed E-state index contributed by atoms with van der Waals surface area (Å²) in [4.78, 5) is 11.8. The number of aliphatic hydroxyl groups is 1. The molecule has 124 valence electrons. The van der Waals surface area contributed by atoms with Crippen molar-refractivity contribution in [3.05, 3.63) is 35.5 Å². The van der Waals surface area contributed by atoms with Crippen LogP contribution in [0.15, 0.2) is 30.0 Å². The summed E-state index contributed by atoms with van der Waals surface area (Å²) < 4.78 is 10.4. The van der Waals surface area contributed by atoms with Gasteiger partial charge in [0.15, 0.2) is 11.5 Å². The summed E-state index contributed by atoms with van der Waals surface area (Å²) in [5, 5.41) is 22.9. The van der Waals surface area contributed by atoms with E-state index in [9.17, 15) is 4.79 Å². The Balaban J connectivity index is 2.54. The SMILES string of the molecule is COc1ccc(CCNC(=O)/C(C#N)=C\NCCO)cc1OC.